The quantitative estimate of drug-likeness (QED) is 0.668. The molecule has 0 unspecified atom stereocenters. The molecule has 0 aliphatic rings. The van der Waals surface area contributed by atoms with Crippen LogP contribution in [-0.4, -0.2) is 35.9 Å². The summed E-state index contributed by atoms with van der Waals surface area (Å²) in [6.45, 7) is 7.58. The van der Waals surface area contributed by atoms with Crippen molar-refractivity contribution in [2.75, 3.05) is 13.2 Å². The second kappa shape index (κ2) is 5.19. The second-order valence-corrected chi connectivity index (χ2v) is 4.05. The molecule has 0 aliphatic carbocycles. The van der Waals surface area contributed by atoms with E-state index in [0.29, 0.717) is 0 Å². The number of nitrogens with one attached hydrogen (secondary N) is 1. The predicted molar refractivity (Wildman–Crippen MR) is 50.4 cm³/mol. The molecule has 0 radical (unpaired) electrons. The molecule has 0 aromatic heterocycles. The van der Waals surface area contributed by atoms with E-state index in [1.165, 1.54) is 0 Å². The molecule has 4 nitrogen and oxygen atoms in total. The predicted octanol–water partition coefficient (Wildman–Crippen LogP) is 0.298. The van der Waals surface area contributed by atoms with Gasteiger partial charge in [0.2, 0.25) is 5.91 Å². The lowest BCUT2D eigenvalue weighted by atomic mass is 10.2. The van der Waals surface area contributed by atoms with Crippen molar-refractivity contribution in [3.63, 3.8) is 0 Å². The highest BCUT2D eigenvalue weighted by atomic mass is 16.5. The number of hydrogen-bond acceptors (Lipinski definition) is 3. The minimum atomic E-state index is -0.515. The summed E-state index contributed by atoms with van der Waals surface area (Å²) < 4.78 is 5.23. The maximum atomic E-state index is 11.0. The van der Waals surface area contributed by atoms with Gasteiger partial charge in [0.25, 0.3) is 0 Å². The van der Waals surface area contributed by atoms with Gasteiger partial charge in [-0.25, -0.2) is 0 Å². The monoisotopic (exact) mass is 189 g/mol. The van der Waals surface area contributed by atoms with Crippen molar-refractivity contribution < 1.29 is 14.6 Å². The molecular weight excluding hydrogens is 170 g/mol. The molecule has 1 atom stereocenters. The fourth-order valence-electron chi connectivity index (χ4n) is 0.595. The van der Waals surface area contributed by atoms with Gasteiger partial charge in [0.15, 0.2) is 0 Å². The van der Waals surface area contributed by atoms with E-state index in [0.717, 1.165) is 0 Å². The van der Waals surface area contributed by atoms with E-state index in [-0.39, 0.29) is 24.7 Å². The van der Waals surface area contributed by atoms with E-state index in [1.807, 2.05) is 20.8 Å². The number of carbonyl (C=O) groups excluding carboxylic acids is 1. The van der Waals surface area contributed by atoms with Gasteiger partial charge < -0.3 is 15.2 Å². The molecule has 13 heavy (non-hydrogen) atoms. The normalized spacial score (nSPS) is 13.9. The first kappa shape index (κ1) is 12.4. The van der Waals surface area contributed by atoms with Crippen molar-refractivity contribution in [3.05, 3.63) is 0 Å². The van der Waals surface area contributed by atoms with Crippen LogP contribution < -0.4 is 5.32 Å². The van der Waals surface area contributed by atoms with Gasteiger partial charge in [-0.1, -0.05) is 0 Å². The Morgan fingerprint density at radius 1 is 1.54 bits per heavy atom. The molecule has 4 heteroatoms. The molecule has 0 spiro atoms. The molecule has 0 bridgehead atoms. The molecule has 0 aromatic carbocycles. The van der Waals surface area contributed by atoms with Gasteiger partial charge in [-0.05, 0) is 27.7 Å². The maximum Gasteiger partial charge on any atom is 0.246 e. The number of carbonyl (C=O) groups is 1. The average molecular weight is 189 g/mol. The third-order valence-electron chi connectivity index (χ3n) is 1.23. The van der Waals surface area contributed by atoms with Gasteiger partial charge in [0.05, 0.1) is 11.7 Å². The lowest BCUT2D eigenvalue weighted by Crippen LogP contribution is -2.35. The highest BCUT2D eigenvalue weighted by molar-refractivity contribution is 5.77. The van der Waals surface area contributed by atoms with Gasteiger partial charge in [-0.2, -0.15) is 0 Å². The van der Waals surface area contributed by atoms with Crippen LogP contribution in [-0.2, 0) is 9.53 Å². The van der Waals surface area contributed by atoms with Crippen LogP contribution in [0.4, 0.5) is 0 Å². The van der Waals surface area contributed by atoms with Crippen molar-refractivity contribution >= 4 is 5.91 Å². The summed E-state index contributed by atoms with van der Waals surface area (Å²) in [6.07, 6.45) is -0.515. The topological polar surface area (TPSA) is 58.6 Å². The zero-order chi connectivity index (χ0) is 10.5. The molecule has 0 aliphatic heterocycles. The fraction of sp³-hybridized carbons (Fsp3) is 0.889. The minimum Gasteiger partial charge on any atom is -0.392 e. The Hall–Kier alpha value is -0.610. The highest BCUT2D eigenvalue weighted by Crippen LogP contribution is 2.05. The molecule has 0 heterocycles. The zero-order valence-electron chi connectivity index (χ0n) is 8.76. The molecule has 0 saturated heterocycles. The Kier molecular flexibility index (Phi) is 4.95. The molecule has 1 amide bonds. The Morgan fingerprint density at radius 2 is 2.08 bits per heavy atom. The largest absolute Gasteiger partial charge is 0.392 e. The van der Waals surface area contributed by atoms with Crippen LogP contribution in [0.5, 0.6) is 0 Å². The van der Waals surface area contributed by atoms with Crippen LogP contribution in [0.25, 0.3) is 0 Å². The summed E-state index contributed by atoms with van der Waals surface area (Å²) in [5, 5.41) is 11.4. The van der Waals surface area contributed by atoms with Crippen LogP contribution in [0.3, 0.4) is 0 Å². The first-order valence-corrected chi connectivity index (χ1v) is 4.40. The van der Waals surface area contributed by atoms with Crippen LogP contribution >= 0.6 is 0 Å². The van der Waals surface area contributed by atoms with E-state index in [4.69, 9.17) is 9.84 Å². The molecular formula is C9H19NO3. The molecule has 0 aromatic rings. The summed E-state index contributed by atoms with van der Waals surface area (Å²) in [6, 6.07) is 0. The Morgan fingerprint density at radius 3 is 2.46 bits per heavy atom. The number of hydrogen-bond donors (Lipinski definition) is 2. The van der Waals surface area contributed by atoms with Gasteiger partial charge in [-0.15, -0.1) is 0 Å². The van der Waals surface area contributed by atoms with E-state index in [9.17, 15) is 4.79 Å². The van der Waals surface area contributed by atoms with Gasteiger partial charge in [0, 0.05) is 6.54 Å². The van der Waals surface area contributed by atoms with Crippen LogP contribution in [0.1, 0.15) is 27.7 Å². The first-order chi connectivity index (χ1) is 5.81. The van der Waals surface area contributed by atoms with Crippen molar-refractivity contribution in [2.45, 2.75) is 39.4 Å². The molecule has 0 rings (SSSR count). The SMILES string of the molecule is C[C@H](O)CNC(=O)COC(C)(C)C. The summed E-state index contributed by atoms with van der Waals surface area (Å²) in [5.74, 6) is -0.198. The third kappa shape index (κ3) is 9.30. The standard InChI is InChI=1S/C9H19NO3/c1-7(11)5-10-8(12)6-13-9(2,3)4/h7,11H,5-6H2,1-4H3,(H,10,12)/t7-/m0/s1. The fourth-order valence-corrected chi connectivity index (χ4v) is 0.595. The number of rotatable bonds is 4. The zero-order valence-corrected chi connectivity index (χ0v) is 8.76. The lowest BCUT2D eigenvalue weighted by molar-refractivity contribution is -0.130. The van der Waals surface area contributed by atoms with E-state index >= 15 is 0 Å². The summed E-state index contributed by atoms with van der Waals surface area (Å²) in [5.41, 5.74) is -0.303. The third-order valence-corrected chi connectivity index (χ3v) is 1.23. The number of amides is 1. The van der Waals surface area contributed by atoms with Crippen molar-refractivity contribution in [2.24, 2.45) is 0 Å². The van der Waals surface area contributed by atoms with Gasteiger partial charge in [-0.3, -0.25) is 4.79 Å². The highest BCUT2D eigenvalue weighted by Gasteiger charge is 2.12. The number of ether oxygens (including phenoxy) is 1. The van der Waals surface area contributed by atoms with E-state index in [1.54, 1.807) is 6.92 Å². The molecule has 0 saturated carbocycles. The number of aliphatic hydroxyl groups is 1. The van der Waals surface area contributed by atoms with E-state index < -0.39 is 6.10 Å². The lowest BCUT2D eigenvalue weighted by Gasteiger charge is -2.19. The first-order valence-electron chi connectivity index (χ1n) is 4.40. The van der Waals surface area contributed by atoms with E-state index in [2.05, 4.69) is 5.32 Å². The smallest absolute Gasteiger partial charge is 0.246 e. The summed E-state index contributed by atoms with van der Waals surface area (Å²) in [4.78, 5) is 11.0. The van der Waals surface area contributed by atoms with Crippen LogP contribution in [0.2, 0.25) is 0 Å². The minimum absolute atomic E-state index is 0.0379. The Bertz CT molecular complexity index is 161. The molecule has 2 N–H and O–H groups in total. The molecule has 78 valence electrons. The van der Waals surface area contributed by atoms with Gasteiger partial charge in [0.1, 0.15) is 6.61 Å². The van der Waals surface area contributed by atoms with Crippen LogP contribution in [0, 0.1) is 0 Å². The van der Waals surface area contributed by atoms with Crippen molar-refractivity contribution in [1.29, 1.82) is 0 Å². The maximum absolute atomic E-state index is 11.0. The Balaban J connectivity index is 3.53. The Labute approximate surface area is 79.3 Å². The van der Waals surface area contributed by atoms with Crippen LogP contribution in [0.15, 0.2) is 0 Å². The average Bonchev–Trinajstić information content (AvgIpc) is 1.95. The second-order valence-electron chi connectivity index (χ2n) is 4.05. The number of aliphatic hydroxyl groups excluding tert-OH is 1. The van der Waals surface area contributed by atoms with Gasteiger partial charge >= 0.3 is 0 Å². The summed E-state index contributed by atoms with van der Waals surface area (Å²) in [7, 11) is 0. The summed E-state index contributed by atoms with van der Waals surface area (Å²) >= 11 is 0. The van der Waals surface area contributed by atoms with Crippen molar-refractivity contribution in [3.8, 4) is 0 Å². The molecule has 0 fully saturated rings. The van der Waals surface area contributed by atoms with Crippen molar-refractivity contribution in [1.82, 2.24) is 5.32 Å².